The molecule has 2 heterocycles. The molecule has 0 aliphatic rings. The SMILES string of the molecule is Cc1cc(Nc2cc(-c3ccc(F)c(NC(=N)c4ccc(C(C)(C)C)cc4)c3)n[nH]c2=O)nn1C. The smallest absolute Gasteiger partial charge is 0.287 e. The predicted molar refractivity (Wildman–Crippen MR) is 137 cm³/mol. The van der Waals surface area contributed by atoms with Gasteiger partial charge >= 0.3 is 0 Å². The van der Waals surface area contributed by atoms with Crippen molar-refractivity contribution in [3.8, 4) is 11.3 Å². The van der Waals surface area contributed by atoms with Crippen molar-refractivity contribution in [1.82, 2.24) is 20.0 Å². The number of benzene rings is 2. The molecule has 4 N–H and O–H groups in total. The Balaban J connectivity index is 1.58. The molecule has 0 fully saturated rings. The molecular weight excluding hydrogens is 445 g/mol. The highest BCUT2D eigenvalue weighted by Crippen LogP contribution is 2.26. The number of amidine groups is 1. The van der Waals surface area contributed by atoms with E-state index in [-0.39, 0.29) is 22.6 Å². The molecule has 0 aliphatic carbocycles. The second-order valence-corrected chi connectivity index (χ2v) is 9.44. The third-order valence-electron chi connectivity index (χ3n) is 5.74. The molecule has 0 saturated heterocycles. The summed E-state index contributed by atoms with van der Waals surface area (Å²) >= 11 is 0. The minimum absolute atomic E-state index is 0.00135. The van der Waals surface area contributed by atoms with Gasteiger partial charge in [-0.15, -0.1) is 0 Å². The molecule has 2 aromatic heterocycles. The first kappa shape index (κ1) is 23.9. The molecule has 0 bridgehead atoms. The maximum Gasteiger partial charge on any atom is 0.287 e. The molecule has 35 heavy (non-hydrogen) atoms. The number of aromatic amines is 1. The highest BCUT2D eigenvalue weighted by atomic mass is 19.1. The van der Waals surface area contributed by atoms with Gasteiger partial charge in [0.25, 0.3) is 5.56 Å². The molecule has 0 unspecified atom stereocenters. The standard InChI is InChI=1S/C26H28FN7O/c1-15-12-23(33-34(15)5)29-22-14-20(31-32-25(22)35)17-8-11-19(27)21(13-17)30-24(28)16-6-9-18(10-7-16)26(2,3)4/h6-14H,1-5H3,(H2,28,30)(H,32,35)(H,29,31,33). The topological polar surface area (TPSA) is 111 Å². The monoisotopic (exact) mass is 473 g/mol. The second kappa shape index (κ2) is 9.17. The van der Waals surface area contributed by atoms with Crippen LogP contribution in [0.15, 0.2) is 59.4 Å². The number of aromatic nitrogens is 4. The molecule has 4 aromatic rings. The third-order valence-corrected chi connectivity index (χ3v) is 5.74. The summed E-state index contributed by atoms with van der Waals surface area (Å²) in [5, 5.41) is 25.1. The average Bonchev–Trinajstić information content (AvgIpc) is 3.13. The molecule has 0 saturated carbocycles. The minimum atomic E-state index is -0.503. The summed E-state index contributed by atoms with van der Waals surface area (Å²) in [5.41, 5.74) is 3.72. The van der Waals surface area contributed by atoms with Gasteiger partial charge in [-0.1, -0.05) is 45.0 Å². The summed E-state index contributed by atoms with van der Waals surface area (Å²) in [4.78, 5) is 12.3. The van der Waals surface area contributed by atoms with Crippen LogP contribution in [0.2, 0.25) is 0 Å². The van der Waals surface area contributed by atoms with Gasteiger partial charge in [0.2, 0.25) is 0 Å². The van der Waals surface area contributed by atoms with Crippen LogP contribution >= 0.6 is 0 Å². The fraction of sp³-hybridized carbons (Fsp3) is 0.231. The summed E-state index contributed by atoms with van der Waals surface area (Å²) in [6.07, 6.45) is 0. The molecule has 4 rings (SSSR count). The van der Waals surface area contributed by atoms with E-state index < -0.39 is 11.4 Å². The van der Waals surface area contributed by atoms with Crippen LogP contribution in [0.25, 0.3) is 11.3 Å². The zero-order valence-electron chi connectivity index (χ0n) is 20.3. The molecule has 9 heteroatoms. The molecule has 8 nitrogen and oxygen atoms in total. The summed E-state index contributed by atoms with van der Waals surface area (Å²) in [6, 6.07) is 15.5. The van der Waals surface area contributed by atoms with E-state index in [4.69, 9.17) is 5.41 Å². The predicted octanol–water partition coefficient (Wildman–Crippen LogP) is 5.10. The van der Waals surface area contributed by atoms with Crippen molar-refractivity contribution >= 4 is 23.0 Å². The number of hydrogen-bond acceptors (Lipinski definition) is 5. The average molecular weight is 474 g/mol. The maximum absolute atomic E-state index is 14.6. The van der Waals surface area contributed by atoms with Crippen molar-refractivity contribution in [3.05, 3.63) is 87.6 Å². The van der Waals surface area contributed by atoms with Crippen LogP contribution in [0.4, 0.5) is 21.6 Å². The van der Waals surface area contributed by atoms with Crippen LogP contribution in [-0.2, 0) is 12.5 Å². The quantitative estimate of drug-likeness (QED) is 0.238. The molecule has 0 aliphatic heterocycles. The molecule has 0 radical (unpaired) electrons. The summed E-state index contributed by atoms with van der Waals surface area (Å²) in [6.45, 7) is 8.27. The molecular formula is C26H28FN7O. The Kier molecular flexibility index (Phi) is 6.26. The number of hydrogen-bond donors (Lipinski definition) is 4. The first-order chi connectivity index (χ1) is 16.5. The first-order valence-electron chi connectivity index (χ1n) is 11.1. The maximum atomic E-state index is 14.6. The van der Waals surface area contributed by atoms with Crippen molar-refractivity contribution in [2.24, 2.45) is 7.05 Å². The summed E-state index contributed by atoms with van der Waals surface area (Å²) < 4.78 is 16.3. The third kappa shape index (κ3) is 5.29. The Morgan fingerprint density at radius 1 is 1.06 bits per heavy atom. The fourth-order valence-electron chi connectivity index (χ4n) is 3.53. The van der Waals surface area contributed by atoms with Gasteiger partial charge in [-0.25, -0.2) is 9.49 Å². The van der Waals surface area contributed by atoms with Gasteiger partial charge < -0.3 is 10.6 Å². The number of aryl methyl sites for hydroxylation is 2. The number of anilines is 3. The zero-order valence-corrected chi connectivity index (χ0v) is 20.3. The number of nitrogens with one attached hydrogen (secondary N) is 4. The lowest BCUT2D eigenvalue weighted by molar-refractivity contribution is 0.590. The Bertz CT molecular complexity index is 1430. The fourth-order valence-corrected chi connectivity index (χ4v) is 3.53. The molecule has 0 atom stereocenters. The van der Waals surface area contributed by atoms with Gasteiger partial charge in [0.1, 0.15) is 17.3 Å². The van der Waals surface area contributed by atoms with Crippen molar-refractivity contribution in [3.63, 3.8) is 0 Å². The van der Waals surface area contributed by atoms with Gasteiger partial charge in [-0.3, -0.25) is 14.9 Å². The van der Waals surface area contributed by atoms with Gasteiger partial charge in [0.05, 0.1) is 11.4 Å². The van der Waals surface area contributed by atoms with Crippen LogP contribution in [0.1, 0.15) is 37.6 Å². The summed E-state index contributed by atoms with van der Waals surface area (Å²) in [5.74, 6) is 0.0976. The second-order valence-electron chi connectivity index (χ2n) is 9.44. The van der Waals surface area contributed by atoms with Crippen LogP contribution in [0.5, 0.6) is 0 Å². The molecule has 0 spiro atoms. The van der Waals surface area contributed by atoms with Crippen molar-refractivity contribution in [1.29, 1.82) is 5.41 Å². The van der Waals surface area contributed by atoms with Crippen LogP contribution in [-0.4, -0.2) is 25.8 Å². The van der Waals surface area contributed by atoms with E-state index in [2.05, 4.69) is 46.7 Å². The minimum Gasteiger partial charge on any atom is -0.338 e. The van der Waals surface area contributed by atoms with E-state index in [9.17, 15) is 9.18 Å². The van der Waals surface area contributed by atoms with Gasteiger partial charge in [0, 0.05) is 29.9 Å². The number of halogens is 1. The van der Waals surface area contributed by atoms with Crippen LogP contribution in [0, 0.1) is 18.2 Å². The largest absolute Gasteiger partial charge is 0.338 e. The van der Waals surface area contributed by atoms with Crippen LogP contribution in [0.3, 0.4) is 0 Å². The first-order valence-corrected chi connectivity index (χ1v) is 11.1. The lowest BCUT2D eigenvalue weighted by Crippen LogP contribution is -2.15. The highest BCUT2D eigenvalue weighted by molar-refractivity contribution is 6.06. The normalized spacial score (nSPS) is 11.4. The van der Waals surface area contributed by atoms with E-state index in [1.807, 2.05) is 44.3 Å². The van der Waals surface area contributed by atoms with E-state index >= 15 is 0 Å². The van der Waals surface area contributed by atoms with E-state index in [1.54, 1.807) is 22.9 Å². The van der Waals surface area contributed by atoms with E-state index in [0.717, 1.165) is 11.3 Å². The molecule has 180 valence electrons. The van der Waals surface area contributed by atoms with E-state index in [0.29, 0.717) is 22.6 Å². The number of nitrogens with zero attached hydrogens (tertiary/aromatic N) is 3. The molecule has 2 aromatic carbocycles. The highest BCUT2D eigenvalue weighted by Gasteiger charge is 2.15. The Morgan fingerprint density at radius 2 is 1.77 bits per heavy atom. The van der Waals surface area contributed by atoms with Gasteiger partial charge in [-0.2, -0.15) is 10.2 Å². The Hall–Kier alpha value is -4.27. The van der Waals surface area contributed by atoms with E-state index in [1.165, 1.54) is 6.07 Å². The van der Waals surface area contributed by atoms with Gasteiger partial charge in [0.15, 0.2) is 5.82 Å². The summed E-state index contributed by atoms with van der Waals surface area (Å²) in [7, 11) is 1.81. The lowest BCUT2D eigenvalue weighted by Gasteiger charge is -2.19. The van der Waals surface area contributed by atoms with Crippen molar-refractivity contribution in [2.45, 2.75) is 33.1 Å². The number of H-pyrrole nitrogens is 1. The Labute approximate surface area is 202 Å². The van der Waals surface area contributed by atoms with Crippen molar-refractivity contribution in [2.75, 3.05) is 10.6 Å². The zero-order chi connectivity index (χ0) is 25.3. The molecule has 0 amide bonds. The Morgan fingerprint density at radius 3 is 2.40 bits per heavy atom. The lowest BCUT2D eigenvalue weighted by atomic mass is 9.86. The van der Waals surface area contributed by atoms with Crippen LogP contribution < -0.4 is 16.2 Å². The van der Waals surface area contributed by atoms with Gasteiger partial charge in [-0.05, 0) is 42.2 Å². The number of rotatable bonds is 5. The van der Waals surface area contributed by atoms with Crippen molar-refractivity contribution < 1.29 is 4.39 Å².